The Morgan fingerprint density at radius 2 is 2.13 bits per heavy atom. The Morgan fingerprint density at radius 1 is 1.53 bits per heavy atom. The molecule has 0 aromatic heterocycles. The maximum absolute atomic E-state index is 9.20. The zero-order valence-corrected chi connectivity index (χ0v) is 10.3. The van der Waals surface area contributed by atoms with Crippen molar-refractivity contribution in [3.05, 3.63) is 0 Å². The summed E-state index contributed by atoms with van der Waals surface area (Å²) in [6.07, 6.45) is -0.0976. The molecule has 1 aliphatic rings. The summed E-state index contributed by atoms with van der Waals surface area (Å²) in [6.45, 7) is 10.6. The lowest BCUT2D eigenvalue weighted by atomic mass is 9.96. The number of rotatable bonds is 3. The number of hydrogen-bond acceptors (Lipinski definition) is 4. The van der Waals surface area contributed by atoms with Crippen molar-refractivity contribution in [1.29, 1.82) is 0 Å². The maximum atomic E-state index is 9.20. The third-order valence-electron chi connectivity index (χ3n) is 3.04. The van der Waals surface area contributed by atoms with Crippen LogP contribution in [0.1, 0.15) is 27.7 Å². The van der Waals surface area contributed by atoms with Gasteiger partial charge in [0, 0.05) is 25.2 Å². The lowest BCUT2D eigenvalue weighted by molar-refractivity contribution is -0.165. The van der Waals surface area contributed by atoms with Crippen LogP contribution in [-0.4, -0.2) is 53.5 Å². The smallest absolute Gasteiger partial charge is 0.0940 e. The molecule has 0 bridgehead atoms. The predicted octanol–water partition coefficient (Wildman–Crippen LogP) is 0.195. The molecule has 0 aromatic rings. The zero-order valence-electron chi connectivity index (χ0n) is 10.3. The van der Waals surface area contributed by atoms with Crippen LogP contribution in [0, 0.1) is 0 Å². The van der Waals surface area contributed by atoms with E-state index in [0.29, 0.717) is 6.54 Å². The van der Waals surface area contributed by atoms with Gasteiger partial charge < -0.3 is 15.6 Å². The van der Waals surface area contributed by atoms with Crippen LogP contribution < -0.4 is 5.73 Å². The summed E-state index contributed by atoms with van der Waals surface area (Å²) in [4.78, 5) is 2.30. The third-order valence-corrected chi connectivity index (χ3v) is 3.04. The lowest BCUT2D eigenvalue weighted by Crippen LogP contribution is -2.62. The predicted molar refractivity (Wildman–Crippen MR) is 60.7 cm³/mol. The zero-order chi connectivity index (χ0) is 11.7. The van der Waals surface area contributed by atoms with Gasteiger partial charge >= 0.3 is 0 Å². The molecule has 1 rings (SSSR count). The van der Waals surface area contributed by atoms with E-state index < -0.39 is 0 Å². The molecule has 4 heteroatoms. The van der Waals surface area contributed by atoms with Gasteiger partial charge in [0.25, 0.3) is 0 Å². The Balaban J connectivity index is 2.74. The fourth-order valence-electron chi connectivity index (χ4n) is 1.98. The summed E-state index contributed by atoms with van der Waals surface area (Å²) in [5, 5.41) is 9.20. The molecule has 3 N–H and O–H groups in total. The summed E-state index contributed by atoms with van der Waals surface area (Å²) in [5.41, 5.74) is 5.52. The van der Waals surface area contributed by atoms with Crippen LogP contribution in [0.4, 0.5) is 0 Å². The first-order chi connectivity index (χ1) is 6.80. The Hall–Kier alpha value is -0.160. The van der Waals surface area contributed by atoms with Crippen molar-refractivity contribution in [2.24, 2.45) is 5.73 Å². The molecule has 0 aromatic carbocycles. The topological polar surface area (TPSA) is 58.7 Å². The van der Waals surface area contributed by atoms with Crippen LogP contribution >= 0.6 is 0 Å². The number of aliphatic hydroxyl groups excluding tert-OH is 1. The summed E-state index contributed by atoms with van der Waals surface area (Å²) in [6, 6.07) is 0. The monoisotopic (exact) mass is 216 g/mol. The molecule has 1 atom stereocenters. The number of nitrogens with zero attached hydrogens (tertiary/aromatic N) is 1. The SMILES string of the molecule is CC1(C)CN(C(C)(C)CN)CC(CO)O1. The van der Waals surface area contributed by atoms with Crippen LogP contribution in [0.15, 0.2) is 0 Å². The molecule has 0 aliphatic carbocycles. The second kappa shape index (κ2) is 4.37. The third kappa shape index (κ3) is 3.14. The summed E-state index contributed by atoms with van der Waals surface area (Å²) >= 11 is 0. The van der Waals surface area contributed by atoms with Gasteiger partial charge in [0.05, 0.1) is 18.3 Å². The lowest BCUT2D eigenvalue weighted by Gasteiger charge is -2.48. The number of ether oxygens (including phenoxy) is 1. The molecule has 4 nitrogen and oxygen atoms in total. The van der Waals surface area contributed by atoms with Gasteiger partial charge in [0.2, 0.25) is 0 Å². The van der Waals surface area contributed by atoms with E-state index in [4.69, 9.17) is 10.5 Å². The molecule has 1 heterocycles. The normalized spacial score (nSPS) is 28.0. The fraction of sp³-hybridized carbons (Fsp3) is 1.00. The molecule has 0 spiro atoms. The average molecular weight is 216 g/mol. The van der Waals surface area contributed by atoms with Crippen molar-refractivity contribution in [3.8, 4) is 0 Å². The molecule has 0 amide bonds. The summed E-state index contributed by atoms with van der Waals surface area (Å²) in [5.74, 6) is 0. The Morgan fingerprint density at radius 3 is 2.60 bits per heavy atom. The van der Waals surface area contributed by atoms with Crippen molar-refractivity contribution in [2.75, 3.05) is 26.2 Å². The minimum atomic E-state index is -0.210. The summed E-state index contributed by atoms with van der Waals surface area (Å²) in [7, 11) is 0. The van der Waals surface area contributed by atoms with E-state index in [2.05, 4.69) is 32.6 Å². The molecular formula is C11H24N2O2. The van der Waals surface area contributed by atoms with Gasteiger partial charge in [0.15, 0.2) is 0 Å². The first-order valence-electron chi connectivity index (χ1n) is 5.54. The number of aliphatic hydroxyl groups is 1. The molecule has 0 saturated carbocycles. The van der Waals surface area contributed by atoms with E-state index in [-0.39, 0.29) is 23.9 Å². The Bertz CT molecular complexity index is 217. The average Bonchev–Trinajstić information content (AvgIpc) is 2.15. The van der Waals surface area contributed by atoms with Crippen LogP contribution in [0.5, 0.6) is 0 Å². The van der Waals surface area contributed by atoms with E-state index in [1.165, 1.54) is 0 Å². The maximum Gasteiger partial charge on any atom is 0.0940 e. The molecule has 15 heavy (non-hydrogen) atoms. The minimum Gasteiger partial charge on any atom is -0.394 e. The molecule has 1 unspecified atom stereocenters. The van der Waals surface area contributed by atoms with Gasteiger partial charge in [-0.25, -0.2) is 0 Å². The number of nitrogens with two attached hydrogens (primary N) is 1. The first-order valence-corrected chi connectivity index (χ1v) is 5.54. The highest BCUT2D eigenvalue weighted by molar-refractivity contribution is 4.92. The van der Waals surface area contributed by atoms with E-state index in [1.807, 2.05) is 0 Å². The Labute approximate surface area is 92.4 Å². The molecule has 1 aliphatic heterocycles. The van der Waals surface area contributed by atoms with E-state index in [1.54, 1.807) is 0 Å². The van der Waals surface area contributed by atoms with Gasteiger partial charge in [-0.3, -0.25) is 4.90 Å². The van der Waals surface area contributed by atoms with Crippen molar-refractivity contribution in [1.82, 2.24) is 4.90 Å². The summed E-state index contributed by atoms with van der Waals surface area (Å²) < 4.78 is 5.76. The van der Waals surface area contributed by atoms with Gasteiger partial charge in [-0.2, -0.15) is 0 Å². The highest BCUT2D eigenvalue weighted by atomic mass is 16.5. The first kappa shape index (κ1) is 12.9. The fourth-order valence-corrected chi connectivity index (χ4v) is 1.98. The van der Waals surface area contributed by atoms with Crippen LogP contribution in [-0.2, 0) is 4.74 Å². The second-order valence-corrected chi connectivity index (χ2v) is 5.58. The molecule has 1 saturated heterocycles. The van der Waals surface area contributed by atoms with Gasteiger partial charge in [-0.1, -0.05) is 0 Å². The largest absolute Gasteiger partial charge is 0.394 e. The van der Waals surface area contributed by atoms with Crippen molar-refractivity contribution < 1.29 is 9.84 Å². The quantitative estimate of drug-likeness (QED) is 0.707. The highest BCUT2D eigenvalue weighted by Crippen LogP contribution is 2.26. The van der Waals surface area contributed by atoms with Crippen molar-refractivity contribution in [3.63, 3.8) is 0 Å². The van der Waals surface area contributed by atoms with E-state index in [9.17, 15) is 5.11 Å². The van der Waals surface area contributed by atoms with Gasteiger partial charge in [-0.05, 0) is 27.7 Å². The molecular weight excluding hydrogens is 192 g/mol. The van der Waals surface area contributed by atoms with Crippen LogP contribution in [0.3, 0.4) is 0 Å². The van der Waals surface area contributed by atoms with Crippen molar-refractivity contribution in [2.45, 2.75) is 44.9 Å². The molecule has 0 radical (unpaired) electrons. The Kier molecular flexibility index (Phi) is 3.76. The highest BCUT2D eigenvalue weighted by Gasteiger charge is 2.38. The van der Waals surface area contributed by atoms with Gasteiger partial charge in [-0.15, -0.1) is 0 Å². The van der Waals surface area contributed by atoms with Gasteiger partial charge in [0.1, 0.15) is 0 Å². The standard InChI is InChI=1S/C11H24N2O2/c1-10(2,7-12)13-5-9(6-14)15-11(3,4)8-13/h9,14H,5-8,12H2,1-4H3. The van der Waals surface area contributed by atoms with E-state index >= 15 is 0 Å². The number of hydrogen-bond donors (Lipinski definition) is 2. The minimum absolute atomic E-state index is 0.0333. The van der Waals surface area contributed by atoms with Crippen molar-refractivity contribution >= 4 is 0 Å². The molecule has 90 valence electrons. The number of morpholine rings is 1. The second-order valence-electron chi connectivity index (χ2n) is 5.58. The van der Waals surface area contributed by atoms with Crippen LogP contribution in [0.25, 0.3) is 0 Å². The van der Waals surface area contributed by atoms with E-state index in [0.717, 1.165) is 13.1 Å². The molecule has 1 fully saturated rings. The van der Waals surface area contributed by atoms with Crippen LogP contribution in [0.2, 0.25) is 0 Å².